The summed E-state index contributed by atoms with van der Waals surface area (Å²) < 4.78 is 16.7. The van der Waals surface area contributed by atoms with E-state index in [-0.39, 0.29) is 5.41 Å². The summed E-state index contributed by atoms with van der Waals surface area (Å²) in [7, 11) is -4.61. The van der Waals surface area contributed by atoms with Crippen molar-refractivity contribution in [2.75, 3.05) is 0 Å². The van der Waals surface area contributed by atoms with Gasteiger partial charge < -0.3 is 9.48 Å². The Morgan fingerprint density at radius 2 is 1.42 bits per heavy atom. The number of halogens is 1. The van der Waals surface area contributed by atoms with Gasteiger partial charge in [-0.05, 0) is 6.92 Å². The molecule has 19 heavy (non-hydrogen) atoms. The Balaban J connectivity index is 5.03. The Hall–Kier alpha value is -0.141. The number of nitrogens with one attached hydrogen (secondary N) is 1. The van der Waals surface area contributed by atoms with Crippen molar-refractivity contribution < 1.29 is 4.32 Å². The fourth-order valence-electron chi connectivity index (χ4n) is 2.06. The molecule has 0 saturated carbocycles. The molecular formula is C12H31BFN3Si2. The minimum Gasteiger partial charge on any atom is -0.337 e. The zero-order chi connectivity index (χ0) is 15.6. The summed E-state index contributed by atoms with van der Waals surface area (Å²) in [6, 6.07) is 0. The summed E-state index contributed by atoms with van der Waals surface area (Å²) >= 11 is 0. The van der Waals surface area contributed by atoms with Gasteiger partial charge in [0, 0.05) is 11.1 Å². The largest absolute Gasteiger partial charge is 0.553 e. The quantitative estimate of drug-likeness (QED) is 0.473. The standard InChI is InChI=1S/C12H31BFN3Si2/c1-11(12(2,3)4)15-16-13(14)17(18(5,6)7)19(8,9)10/h16H,1-10H3/b15-11+. The molecule has 0 spiro atoms. The van der Waals surface area contributed by atoms with E-state index in [1.54, 1.807) is 0 Å². The zero-order valence-electron chi connectivity index (χ0n) is 14.3. The molecule has 0 fully saturated rings. The lowest BCUT2D eigenvalue weighted by molar-refractivity contribution is 0.579. The van der Waals surface area contributed by atoms with Crippen LogP contribution in [0, 0.1) is 5.41 Å². The van der Waals surface area contributed by atoms with E-state index in [1.165, 1.54) is 0 Å². The molecule has 0 aromatic carbocycles. The van der Waals surface area contributed by atoms with Crippen LogP contribution in [-0.4, -0.2) is 33.6 Å². The molecule has 0 aromatic rings. The third kappa shape index (κ3) is 6.23. The molecule has 0 aliphatic rings. The summed E-state index contributed by atoms with van der Waals surface area (Å²) in [6.45, 7) is 21.3. The van der Waals surface area contributed by atoms with Gasteiger partial charge in [-0.25, -0.2) is 0 Å². The lowest BCUT2D eigenvalue weighted by atomic mass is 9.91. The highest BCUT2D eigenvalue weighted by Crippen LogP contribution is 2.21. The van der Waals surface area contributed by atoms with Crippen LogP contribution in [-0.2, 0) is 0 Å². The first-order valence-electron chi connectivity index (χ1n) is 6.91. The van der Waals surface area contributed by atoms with Crippen molar-refractivity contribution in [3.63, 3.8) is 0 Å². The molecule has 0 amide bonds. The normalized spacial score (nSPS) is 14.8. The second-order valence-electron chi connectivity index (χ2n) is 8.12. The van der Waals surface area contributed by atoms with Gasteiger partial charge in [-0.3, -0.25) is 4.32 Å². The van der Waals surface area contributed by atoms with Crippen LogP contribution in [0.5, 0.6) is 0 Å². The topological polar surface area (TPSA) is 27.6 Å². The van der Waals surface area contributed by atoms with Crippen molar-refractivity contribution in [1.82, 2.24) is 9.48 Å². The number of hydrogen-bond donors (Lipinski definition) is 1. The monoisotopic (exact) mass is 303 g/mol. The summed E-state index contributed by atoms with van der Waals surface area (Å²) in [4.78, 5) is 0. The number of hydrazone groups is 1. The third-order valence-electron chi connectivity index (χ3n) is 3.10. The molecule has 0 aromatic heterocycles. The molecule has 1 N–H and O–H groups in total. The molecule has 0 saturated heterocycles. The van der Waals surface area contributed by atoms with Gasteiger partial charge in [-0.1, -0.05) is 60.1 Å². The van der Waals surface area contributed by atoms with Gasteiger partial charge in [0.15, 0.2) is 0 Å². The first kappa shape index (κ1) is 18.9. The van der Waals surface area contributed by atoms with Gasteiger partial charge in [-0.2, -0.15) is 5.10 Å². The van der Waals surface area contributed by atoms with Crippen LogP contribution in [0.4, 0.5) is 4.32 Å². The molecular weight excluding hydrogens is 272 g/mol. The van der Waals surface area contributed by atoms with Crippen molar-refractivity contribution in [2.24, 2.45) is 10.5 Å². The summed E-state index contributed by atoms with van der Waals surface area (Å²) in [5.41, 5.74) is 0.886. The highest BCUT2D eigenvalue weighted by Gasteiger charge is 2.43. The van der Waals surface area contributed by atoms with E-state index in [0.717, 1.165) is 5.71 Å². The van der Waals surface area contributed by atoms with E-state index < -0.39 is 23.7 Å². The highest BCUT2D eigenvalue weighted by atomic mass is 28.4. The molecule has 112 valence electrons. The average Bonchev–Trinajstić information content (AvgIpc) is 2.07. The molecule has 0 atom stereocenters. The van der Waals surface area contributed by atoms with Crippen LogP contribution in [0.3, 0.4) is 0 Å². The Kier molecular flexibility index (Phi) is 6.05. The van der Waals surface area contributed by atoms with E-state index in [0.29, 0.717) is 0 Å². The van der Waals surface area contributed by atoms with Gasteiger partial charge in [0.2, 0.25) is 0 Å². The maximum absolute atomic E-state index is 14.6. The Bertz CT molecular complexity index is 315. The molecule has 0 radical (unpaired) electrons. The third-order valence-corrected chi connectivity index (χ3v) is 10.5. The fourth-order valence-corrected chi connectivity index (χ4v) is 11.6. The SMILES string of the molecule is C/C(=N\NB(F)N([Si](C)(C)C)[Si](C)(C)C)C(C)(C)C. The van der Waals surface area contributed by atoms with Gasteiger partial charge in [0.1, 0.15) is 16.5 Å². The van der Waals surface area contributed by atoms with Crippen molar-refractivity contribution in [3.8, 4) is 0 Å². The second-order valence-corrected chi connectivity index (χ2v) is 18.2. The molecule has 0 bridgehead atoms. The van der Waals surface area contributed by atoms with Crippen LogP contribution in [0.25, 0.3) is 0 Å². The molecule has 0 aliphatic heterocycles. The van der Waals surface area contributed by atoms with E-state index in [4.69, 9.17) is 0 Å². The van der Waals surface area contributed by atoms with E-state index >= 15 is 0 Å². The highest BCUT2D eigenvalue weighted by molar-refractivity contribution is 6.97. The van der Waals surface area contributed by atoms with Crippen LogP contribution in [0.1, 0.15) is 27.7 Å². The first-order valence-corrected chi connectivity index (χ1v) is 13.8. The average molecular weight is 303 g/mol. The van der Waals surface area contributed by atoms with Gasteiger partial charge >= 0.3 is 7.26 Å². The minimum atomic E-state index is -1.71. The Labute approximate surface area is 121 Å². The van der Waals surface area contributed by atoms with Crippen molar-refractivity contribution in [2.45, 2.75) is 67.0 Å². The van der Waals surface area contributed by atoms with Gasteiger partial charge in [-0.15, -0.1) is 0 Å². The van der Waals surface area contributed by atoms with Crippen molar-refractivity contribution >= 4 is 29.4 Å². The predicted molar refractivity (Wildman–Crippen MR) is 91.1 cm³/mol. The summed E-state index contributed by atoms with van der Waals surface area (Å²) in [5, 5.41) is 6.96. The maximum Gasteiger partial charge on any atom is 0.553 e. The smallest absolute Gasteiger partial charge is 0.337 e. The first-order chi connectivity index (χ1) is 8.17. The number of hydrogen-bond acceptors (Lipinski definition) is 3. The number of rotatable bonds is 5. The maximum atomic E-state index is 14.6. The Morgan fingerprint density at radius 3 is 1.68 bits per heavy atom. The van der Waals surface area contributed by atoms with Crippen LogP contribution < -0.4 is 5.34 Å². The van der Waals surface area contributed by atoms with E-state index in [1.807, 2.05) is 6.92 Å². The summed E-state index contributed by atoms with van der Waals surface area (Å²) in [6.07, 6.45) is 0. The molecule has 0 heterocycles. The molecule has 0 unspecified atom stereocenters. The lowest BCUT2D eigenvalue weighted by Crippen LogP contribution is -2.67. The van der Waals surface area contributed by atoms with Gasteiger partial charge in [0.25, 0.3) is 0 Å². The van der Waals surface area contributed by atoms with Crippen molar-refractivity contribution in [1.29, 1.82) is 0 Å². The van der Waals surface area contributed by atoms with Gasteiger partial charge in [0.05, 0.1) is 0 Å². The minimum absolute atomic E-state index is 0.0319. The molecule has 0 rings (SSSR count). The van der Waals surface area contributed by atoms with Crippen molar-refractivity contribution in [3.05, 3.63) is 0 Å². The summed E-state index contributed by atoms with van der Waals surface area (Å²) in [5.74, 6) is 0. The molecule has 0 aliphatic carbocycles. The zero-order valence-corrected chi connectivity index (χ0v) is 16.3. The van der Waals surface area contributed by atoms with Crippen LogP contribution in [0.2, 0.25) is 39.3 Å². The lowest BCUT2D eigenvalue weighted by Gasteiger charge is -2.43. The molecule has 3 nitrogen and oxygen atoms in total. The number of nitrogens with zero attached hydrogens (tertiary/aromatic N) is 2. The van der Waals surface area contributed by atoms with Crippen LogP contribution in [0.15, 0.2) is 5.10 Å². The Morgan fingerprint density at radius 1 is 1.05 bits per heavy atom. The van der Waals surface area contributed by atoms with E-state index in [2.05, 4.69) is 74.6 Å². The second kappa shape index (κ2) is 6.09. The predicted octanol–water partition coefficient (Wildman–Crippen LogP) is 3.92. The van der Waals surface area contributed by atoms with E-state index in [9.17, 15) is 4.32 Å². The molecule has 7 heteroatoms. The van der Waals surface area contributed by atoms with Crippen LogP contribution >= 0.6 is 0 Å². The fraction of sp³-hybridized carbons (Fsp3) is 0.917.